The van der Waals surface area contributed by atoms with E-state index in [1.807, 2.05) is 24.3 Å². The lowest BCUT2D eigenvalue weighted by atomic mass is 10.2. The highest BCUT2D eigenvalue weighted by atomic mass is 35.5. The van der Waals surface area contributed by atoms with Gasteiger partial charge < -0.3 is 9.47 Å². The van der Waals surface area contributed by atoms with Crippen molar-refractivity contribution in [2.24, 2.45) is 9.98 Å². The molecule has 0 spiro atoms. The fourth-order valence-electron chi connectivity index (χ4n) is 6.25. The quantitative estimate of drug-likeness (QED) is 0.0979. The Hall–Kier alpha value is -6.87. The molecule has 0 fully saturated rings. The summed E-state index contributed by atoms with van der Waals surface area (Å²) in [5.74, 6) is 2.00. The molecule has 0 saturated heterocycles. The van der Waals surface area contributed by atoms with Gasteiger partial charge in [-0.15, -0.1) is 0 Å². The Labute approximate surface area is 386 Å². The molecule has 0 aliphatic rings. The van der Waals surface area contributed by atoms with E-state index in [2.05, 4.69) is 9.98 Å². The van der Waals surface area contributed by atoms with Gasteiger partial charge in [-0.05, 0) is 205 Å². The van der Waals surface area contributed by atoms with Crippen LogP contribution in [0.4, 0.5) is 11.4 Å². The molecule has 8 rings (SSSR count). The zero-order valence-electron chi connectivity index (χ0n) is 33.8. The van der Waals surface area contributed by atoms with Crippen molar-refractivity contribution in [1.82, 2.24) is 0 Å². The van der Waals surface area contributed by atoms with Crippen LogP contribution in [-0.2, 0) is 29.5 Å². The van der Waals surface area contributed by atoms with Gasteiger partial charge in [0.05, 0.1) is 40.7 Å². The Bertz CT molecular complexity index is 3130. The maximum Gasteiger partial charge on any atom is 0.206 e. The number of hydrogen-bond donors (Lipinski definition) is 0. The topological polar surface area (TPSA) is 146 Å². The molecule has 0 heterocycles. The first-order valence-electron chi connectivity index (χ1n) is 19.5. The highest BCUT2D eigenvalue weighted by Gasteiger charge is 2.20. The fraction of sp³-hybridized carbons (Fsp3) is 0. The van der Waals surface area contributed by atoms with Crippen molar-refractivity contribution in [3.05, 3.63) is 215 Å². The third kappa shape index (κ3) is 10.7. The number of aliphatic imine (C=N–C) groups is 2. The summed E-state index contributed by atoms with van der Waals surface area (Å²) < 4.78 is 90.4. The summed E-state index contributed by atoms with van der Waals surface area (Å²) in [7, 11) is -11.2. The summed E-state index contributed by atoms with van der Waals surface area (Å²) in [6.45, 7) is 0. The summed E-state index contributed by atoms with van der Waals surface area (Å²) in [4.78, 5) is 9.75. The smallest absolute Gasteiger partial charge is 0.206 e. The molecule has 0 aromatic heterocycles. The number of halogens is 2. The molecule has 0 radical (unpaired) electrons. The van der Waals surface area contributed by atoms with E-state index in [0.717, 1.165) is 11.1 Å². The summed E-state index contributed by atoms with van der Waals surface area (Å²) in [5.41, 5.74) is 2.66. The normalized spacial score (nSPS) is 12.1. The van der Waals surface area contributed by atoms with Gasteiger partial charge in [-0.1, -0.05) is 23.2 Å². The largest absolute Gasteiger partial charge is 0.457 e. The second-order valence-electron chi connectivity index (χ2n) is 14.2. The van der Waals surface area contributed by atoms with Gasteiger partial charge >= 0.3 is 0 Å². The van der Waals surface area contributed by atoms with Crippen LogP contribution in [0, 0.1) is 0 Å². The van der Waals surface area contributed by atoms with E-state index in [4.69, 9.17) is 32.7 Å². The zero-order chi connectivity index (χ0) is 45.6. The van der Waals surface area contributed by atoms with Crippen molar-refractivity contribution in [2.75, 3.05) is 0 Å². The van der Waals surface area contributed by atoms with Crippen LogP contribution in [-0.4, -0.2) is 37.7 Å². The molecule has 8 aromatic carbocycles. The van der Waals surface area contributed by atoms with Crippen LogP contribution in [0.1, 0.15) is 11.1 Å². The van der Waals surface area contributed by atoms with Crippen molar-refractivity contribution >= 4 is 76.5 Å². The maximum absolute atomic E-state index is 13.4. The Morgan fingerprint density at radius 2 is 0.523 bits per heavy atom. The Kier molecular flexibility index (Phi) is 13.1. The van der Waals surface area contributed by atoms with Crippen molar-refractivity contribution in [3.63, 3.8) is 0 Å². The van der Waals surface area contributed by atoms with E-state index in [0.29, 0.717) is 44.4 Å². The molecule has 0 atom stereocenters. The highest BCUT2D eigenvalue weighted by Crippen LogP contribution is 2.30. The van der Waals surface area contributed by atoms with Crippen LogP contribution < -0.4 is 9.47 Å². The minimum absolute atomic E-state index is 0.117. The third-order valence-electron chi connectivity index (χ3n) is 9.77. The van der Waals surface area contributed by atoms with Crippen LogP contribution in [0.5, 0.6) is 23.0 Å². The second-order valence-corrected chi connectivity index (χ2v) is 20.9. The summed E-state index contributed by atoms with van der Waals surface area (Å²) in [6.07, 6.45) is 3.29. The van der Waals surface area contributed by atoms with E-state index < -0.39 is 29.5 Å². The van der Waals surface area contributed by atoms with Gasteiger partial charge in [-0.3, -0.25) is 9.98 Å². The third-order valence-corrected chi connectivity index (χ3v) is 15.6. The van der Waals surface area contributed by atoms with E-state index in [1.54, 1.807) is 85.2 Å². The molecule has 0 bridgehead atoms. The summed E-state index contributed by atoms with van der Waals surface area (Å²) >= 11 is 11.8. The molecule has 65 heavy (non-hydrogen) atoms. The van der Waals surface area contributed by atoms with E-state index in [9.17, 15) is 25.3 Å². The number of ether oxygens (including phenoxy) is 2. The lowest BCUT2D eigenvalue weighted by Crippen LogP contribution is -2.01. The first kappa shape index (κ1) is 44.7. The van der Waals surface area contributed by atoms with Crippen LogP contribution in [0.3, 0.4) is 0 Å². The number of hydrogen-bond acceptors (Lipinski definition) is 10. The minimum atomic E-state index is -3.82. The fourth-order valence-corrected chi connectivity index (χ4v) is 10.3. The van der Waals surface area contributed by atoms with Gasteiger partial charge in [0.15, 0.2) is 0 Å². The minimum Gasteiger partial charge on any atom is -0.457 e. The molecule has 0 saturated carbocycles. The lowest BCUT2D eigenvalue weighted by Gasteiger charge is -2.08. The molecule has 15 heteroatoms. The maximum atomic E-state index is 13.4. The van der Waals surface area contributed by atoms with Gasteiger partial charge in [0, 0.05) is 22.5 Å². The molecule has 0 aliphatic heterocycles. The average molecular weight is 958 g/mol. The molecular formula is C50H34Cl2N2O8S3. The van der Waals surface area contributed by atoms with Crippen LogP contribution >= 0.6 is 23.2 Å². The van der Waals surface area contributed by atoms with Crippen molar-refractivity contribution in [1.29, 1.82) is 0 Å². The van der Waals surface area contributed by atoms with E-state index in [1.165, 1.54) is 97.1 Å². The molecule has 324 valence electrons. The number of sulfone groups is 3. The molecule has 8 aromatic rings. The Morgan fingerprint density at radius 3 is 0.785 bits per heavy atom. The SMILES string of the molecule is O=S(=O)(c1ccc(N=Cc2ccc(Oc3ccc(S(=O)(=O)c4ccc(Cl)cc4)cc3)cc2)cc1)c1ccc(N=Cc2ccc(Oc3ccc(S(=O)(=O)c4ccc(Cl)cc4)cc3)cc2)cc1. The standard InChI is InChI=1S/C50H34Cl2N2O8S3/c51-37-5-21-45(22-6-37)63(55,56)49-29-17-43(18-30-49)61-41-13-1-35(2-14-41)33-53-39-9-25-47(26-10-39)65(59,60)48-27-11-40(12-28-48)54-34-36-3-15-42(16-4-36)62-44-19-31-50(32-20-44)64(57,58)46-23-7-38(52)8-24-46/h1-34H. The molecule has 0 N–H and O–H groups in total. The molecule has 10 nitrogen and oxygen atoms in total. The Morgan fingerprint density at radius 1 is 0.308 bits per heavy atom. The van der Waals surface area contributed by atoms with E-state index in [-0.39, 0.29) is 29.4 Å². The van der Waals surface area contributed by atoms with Crippen molar-refractivity contribution < 1.29 is 34.7 Å². The van der Waals surface area contributed by atoms with Gasteiger partial charge in [-0.2, -0.15) is 0 Å². The van der Waals surface area contributed by atoms with E-state index >= 15 is 0 Å². The molecular weight excluding hydrogens is 924 g/mol. The lowest BCUT2D eigenvalue weighted by molar-refractivity contribution is 0.482. The molecule has 0 aliphatic carbocycles. The predicted octanol–water partition coefficient (Wildman–Crippen LogP) is 12.6. The second kappa shape index (κ2) is 19.1. The summed E-state index contributed by atoms with van der Waals surface area (Å²) in [5, 5.41) is 0.897. The highest BCUT2D eigenvalue weighted by molar-refractivity contribution is 7.92. The van der Waals surface area contributed by atoms with Crippen LogP contribution in [0.25, 0.3) is 0 Å². The van der Waals surface area contributed by atoms with Gasteiger partial charge in [0.25, 0.3) is 0 Å². The molecule has 0 amide bonds. The number of nitrogens with zero attached hydrogens (tertiary/aromatic N) is 2. The number of rotatable bonds is 14. The Balaban J connectivity index is 0.825. The first-order valence-corrected chi connectivity index (χ1v) is 24.7. The summed E-state index contributed by atoms with van der Waals surface area (Å²) in [6, 6.07) is 51.0. The average Bonchev–Trinajstić information content (AvgIpc) is 3.32. The zero-order valence-corrected chi connectivity index (χ0v) is 37.7. The molecule has 0 unspecified atom stereocenters. The predicted molar refractivity (Wildman–Crippen MR) is 253 cm³/mol. The van der Waals surface area contributed by atoms with Gasteiger partial charge in [0.1, 0.15) is 23.0 Å². The number of benzene rings is 8. The van der Waals surface area contributed by atoms with Gasteiger partial charge in [-0.25, -0.2) is 25.3 Å². The monoisotopic (exact) mass is 956 g/mol. The van der Waals surface area contributed by atoms with Crippen LogP contribution in [0.15, 0.2) is 233 Å². The van der Waals surface area contributed by atoms with Crippen LogP contribution in [0.2, 0.25) is 10.0 Å². The first-order chi connectivity index (χ1) is 31.2. The van der Waals surface area contributed by atoms with Crippen molar-refractivity contribution in [2.45, 2.75) is 29.4 Å². The van der Waals surface area contributed by atoms with Gasteiger partial charge in [0.2, 0.25) is 29.5 Å². The van der Waals surface area contributed by atoms with Crippen molar-refractivity contribution in [3.8, 4) is 23.0 Å².